The van der Waals surface area contributed by atoms with Gasteiger partial charge in [-0.05, 0) is 42.5 Å². The molecule has 3 rings (SSSR count). The molecule has 0 saturated heterocycles. The first-order valence-electron chi connectivity index (χ1n) is 8.54. The highest BCUT2D eigenvalue weighted by Gasteiger charge is 2.10. The van der Waals surface area contributed by atoms with Crippen molar-refractivity contribution in [3.8, 4) is 0 Å². The van der Waals surface area contributed by atoms with Gasteiger partial charge in [-0.1, -0.05) is 54.2 Å². The number of rotatable bonds is 5. The first-order chi connectivity index (χ1) is 12.5. The summed E-state index contributed by atoms with van der Waals surface area (Å²) in [4.78, 5) is 16.3. The molecule has 1 heterocycles. The third kappa shape index (κ3) is 4.35. The smallest absolute Gasteiger partial charge is 0.336 e. The van der Waals surface area contributed by atoms with Crippen LogP contribution < -0.4 is 11.4 Å². The molecule has 2 aromatic carbocycles. The van der Waals surface area contributed by atoms with Crippen LogP contribution in [0.4, 0.5) is 0 Å². The highest BCUT2D eigenvalue weighted by atomic mass is 32.2. The van der Waals surface area contributed by atoms with E-state index >= 15 is 0 Å². The van der Waals surface area contributed by atoms with Crippen LogP contribution in [0, 0.1) is 13.8 Å². The molecule has 0 bridgehead atoms. The number of thioether (sulfide) groups is 1. The summed E-state index contributed by atoms with van der Waals surface area (Å²) in [5.41, 5.74) is 10.6. The molecule has 0 aliphatic rings. The lowest BCUT2D eigenvalue weighted by atomic mass is 10.0. The van der Waals surface area contributed by atoms with Gasteiger partial charge in [0.1, 0.15) is 5.58 Å². The zero-order chi connectivity index (χ0) is 18.5. The number of aliphatic imine (C=N–C) groups is 1. The maximum absolute atomic E-state index is 11.9. The Labute approximate surface area is 157 Å². The number of fused-ring (bicyclic) bond motifs is 1. The predicted molar refractivity (Wildman–Crippen MR) is 110 cm³/mol. The molecular weight excluding hydrogens is 344 g/mol. The number of hydrogen-bond acceptors (Lipinski definition) is 4. The van der Waals surface area contributed by atoms with E-state index in [0.29, 0.717) is 23.0 Å². The topological polar surface area (TPSA) is 68.6 Å². The zero-order valence-electron chi connectivity index (χ0n) is 15.0. The Balaban J connectivity index is 1.70. The van der Waals surface area contributed by atoms with Gasteiger partial charge >= 0.3 is 5.63 Å². The standard InChI is InChI=1S/C21H22N2O2S/c1-14-8-9-18-17(12-19(24)25-20(18)15(14)2)13-26-21(22)23-11-10-16-6-4-3-5-7-16/h3-9,12H,10-11,13H2,1-2H3,(H2,22,23). The minimum Gasteiger partial charge on any atom is -0.422 e. The fraction of sp³-hybridized carbons (Fsp3) is 0.238. The SMILES string of the molecule is Cc1ccc2c(CSC(N)=NCCc3ccccc3)cc(=O)oc2c1C. The molecule has 4 nitrogen and oxygen atoms in total. The number of nitrogens with two attached hydrogens (primary N) is 1. The Bertz CT molecular complexity index is 994. The van der Waals surface area contributed by atoms with Crippen LogP contribution >= 0.6 is 11.8 Å². The first-order valence-corrected chi connectivity index (χ1v) is 9.53. The van der Waals surface area contributed by atoms with E-state index in [-0.39, 0.29) is 5.63 Å². The molecule has 3 aromatic rings. The van der Waals surface area contributed by atoms with E-state index in [1.165, 1.54) is 17.3 Å². The Hall–Kier alpha value is -2.53. The van der Waals surface area contributed by atoms with E-state index in [9.17, 15) is 4.79 Å². The first kappa shape index (κ1) is 18.3. The quantitative estimate of drug-likeness (QED) is 0.417. The molecule has 2 N–H and O–H groups in total. The highest BCUT2D eigenvalue weighted by molar-refractivity contribution is 8.13. The normalized spacial score (nSPS) is 11.8. The Kier molecular flexibility index (Phi) is 5.78. The van der Waals surface area contributed by atoms with E-state index in [4.69, 9.17) is 10.2 Å². The molecule has 0 amide bonds. The average Bonchev–Trinajstić information content (AvgIpc) is 2.64. The largest absolute Gasteiger partial charge is 0.422 e. The number of aryl methyl sites for hydroxylation is 2. The minimum atomic E-state index is -0.332. The van der Waals surface area contributed by atoms with E-state index in [1.54, 1.807) is 6.07 Å². The second-order valence-corrected chi connectivity index (χ2v) is 7.21. The van der Waals surface area contributed by atoms with Crippen molar-refractivity contribution in [2.75, 3.05) is 6.54 Å². The van der Waals surface area contributed by atoms with Gasteiger partial charge in [0, 0.05) is 23.8 Å². The van der Waals surface area contributed by atoms with Crippen molar-refractivity contribution in [3.05, 3.63) is 81.2 Å². The van der Waals surface area contributed by atoms with Gasteiger partial charge in [0.25, 0.3) is 0 Å². The molecule has 0 radical (unpaired) electrons. The van der Waals surface area contributed by atoms with Gasteiger partial charge in [0.2, 0.25) is 0 Å². The van der Waals surface area contributed by atoms with Gasteiger partial charge in [-0.25, -0.2) is 4.79 Å². The van der Waals surface area contributed by atoms with Crippen LogP contribution in [0.25, 0.3) is 11.0 Å². The molecule has 0 aliphatic carbocycles. The van der Waals surface area contributed by atoms with E-state index in [1.807, 2.05) is 44.2 Å². The number of benzene rings is 2. The van der Waals surface area contributed by atoms with Crippen molar-refractivity contribution in [1.29, 1.82) is 0 Å². The summed E-state index contributed by atoms with van der Waals surface area (Å²) in [6.45, 7) is 4.63. The van der Waals surface area contributed by atoms with E-state index in [2.05, 4.69) is 17.1 Å². The number of hydrogen-bond donors (Lipinski definition) is 1. The van der Waals surface area contributed by atoms with Crippen LogP contribution in [-0.2, 0) is 12.2 Å². The summed E-state index contributed by atoms with van der Waals surface area (Å²) < 4.78 is 5.41. The van der Waals surface area contributed by atoms with Crippen LogP contribution in [-0.4, -0.2) is 11.7 Å². The van der Waals surface area contributed by atoms with Crippen LogP contribution in [0.5, 0.6) is 0 Å². The van der Waals surface area contributed by atoms with E-state index in [0.717, 1.165) is 28.5 Å². The van der Waals surface area contributed by atoms with Crippen LogP contribution in [0.2, 0.25) is 0 Å². The molecule has 26 heavy (non-hydrogen) atoms. The van der Waals surface area contributed by atoms with Gasteiger partial charge < -0.3 is 10.2 Å². The molecule has 1 aromatic heterocycles. The van der Waals surface area contributed by atoms with Gasteiger partial charge in [0.05, 0.1) is 0 Å². The average molecular weight is 366 g/mol. The summed E-state index contributed by atoms with van der Waals surface area (Å²) in [5, 5.41) is 1.49. The minimum absolute atomic E-state index is 0.332. The zero-order valence-corrected chi connectivity index (χ0v) is 15.8. The molecule has 134 valence electrons. The maximum Gasteiger partial charge on any atom is 0.336 e. The second-order valence-electron chi connectivity index (χ2n) is 6.22. The van der Waals surface area contributed by atoms with Crippen LogP contribution in [0.1, 0.15) is 22.3 Å². The van der Waals surface area contributed by atoms with Crippen LogP contribution in [0.15, 0.2) is 62.7 Å². The lowest BCUT2D eigenvalue weighted by molar-refractivity contribution is 0.557. The monoisotopic (exact) mass is 366 g/mol. The molecular formula is C21H22N2O2S. The Morgan fingerprint density at radius 2 is 1.92 bits per heavy atom. The second kappa shape index (κ2) is 8.23. The molecule has 0 fully saturated rings. The summed E-state index contributed by atoms with van der Waals surface area (Å²) in [7, 11) is 0. The molecule has 0 atom stereocenters. The Morgan fingerprint density at radius 1 is 1.15 bits per heavy atom. The Morgan fingerprint density at radius 3 is 2.69 bits per heavy atom. The molecule has 0 aliphatic heterocycles. The molecule has 0 spiro atoms. The van der Waals surface area contributed by atoms with Gasteiger partial charge in [0.15, 0.2) is 5.17 Å². The van der Waals surface area contributed by atoms with Crippen molar-refractivity contribution >= 4 is 27.9 Å². The predicted octanol–water partition coefficient (Wildman–Crippen LogP) is 4.20. The summed E-state index contributed by atoms with van der Waals surface area (Å²) in [6.07, 6.45) is 0.860. The molecule has 0 unspecified atom stereocenters. The maximum atomic E-state index is 11.9. The number of nitrogens with zero attached hydrogens (tertiary/aromatic N) is 1. The third-order valence-electron chi connectivity index (χ3n) is 4.40. The van der Waals surface area contributed by atoms with Crippen LogP contribution in [0.3, 0.4) is 0 Å². The molecule has 5 heteroatoms. The van der Waals surface area contributed by atoms with Gasteiger partial charge in [-0.15, -0.1) is 0 Å². The summed E-state index contributed by atoms with van der Waals surface area (Å²) in [6, 6.07) is 15.8. The lowest BCUT2D eigenvalue weighted by Crippen LogP contribution is -2.09. The highest BCUT2D eigenvalue weighted by Crippen LogP contribution is 2.25. The van der Waals surface area contributed by atoms with Crippen molar-refractivity contribution in [3.63, 3.8) is 0 Å². The molecule has 0 saturated carbocycles. The summed E-state index contributed by atoms with van der Waals surface area (Å²) >= 11 is 1.45. The van der Waals surface area contributed by atoms with Crippen molar-refractivity contribution < 1.29 is 4.42 Å². The fourth-order valence-corrected chi connectivity index (χ4v) is 3.51. The van der Waals surface area contributed by atoms with Gasteiger partial charge in [-0.2, -0.15) is 0 Å². The summed E-state index contributed by atoms with van der Waals surface area (Å²) in [5.74, 6) is 0.589. The third-order valence-corrected chi connectivity index (χ3v) is 5.28. The van der Waals surface area contributed by atoms with E-state index < -0.39 is 0 Å². The van der Waals surface area contributed by atoms with Crippen molar-refractivity contribution in [2.45, 2.75) is 26.0 Å². The van der Waals surface area contributed by atoms with Crippen molar-refractivity contribution in [2.24, 2.45) is 10.7 Å². The fourth-order valence-electron chi connectivity index (χ4n) is 2.78. The lowest BCUT2D eigenvalue weighted by Gasteiger charge is -2.08. The van der Waals surface area contributed by atoms with Crippen molar-refractivity contribution in [1.82, 2.24) is 0 Å². The number of amidine groups is 1. The van der Waals surface area contributed by atoms with Gasteiger partial charge in [-0.3, -0.25) is 4.99 Å².